The van der Waals surface area contributed by atoms with Crippen molar-refractivity contribution in [1.82, 2.24) is 4.90 Å². The molecule has 0 unspecified atom stereocenters. The zero-order valence-electron chi connectivity index (χ0n) is 17.0. The van der Waals surface area contributed by atoms with Crippen LogP contribution in [0.4, 0.5) is 5.69 Å². The van der Waals surface area contributed by atoms with E-state index in [4.69, 9.17) is 9.47 Å². The molecule has 0 fully saturated rings. The van der Waals surface area contributed by atoms with Gasteiger partial charge in [0.15, 0.2) is 11.5 Å². The van der Waals surface area contributed by atoms with Gasteiger partial charge in [-0.1, -0.05) is 18.2 Å². The fraction of sp³-hybridized carbons (Fsp3) is 0.304. The predicted octanol–water partition coefficient (Wildman–Crippen LogP) is 3.58. The van der Waals surface area contributed by atoms with Crippen molar-refractivity contribution >= 4 is 23.6 Å². The monoisotopic (exact) mass is 394 g/mol. The van der Waals surface area contributed by atoms with E-state index < -0.39 is 0 Å². The molecule has 152 valence electrons. The van der Waals surface area contributed by atoms with Crippen LogP contribution in [0.1, 0.15) is 23.1 Å². The van der Waals surface area contributed by atoms with E-state index in [2.05, 4.69) is 5.32 Å². The molecule has 1 aliphatic rings. The summed E-state index contributed by atoms with van der Waals surface area (Å²) in [5, 5.41) is 2.86. The summed E-state index contributed by atoms with van der Waals surface area (Å²) in [6.45, 7) is 5.16. The first-order valence-electron chi connectivity index (χ1n) is 9.63. The molecule has 6 heteroatoms. The van der Waals surface area contributed by atoms with E-state index in [1.165, 1.54) is 11.0 Å². The van der Waals surface area contributed by atoms with Crippen molar-refractivity contribution in [3.63, 3.8) is 0 Å². The largest absolute Gasteiger partial charge is 0.490 e. The number of ether oxygens (including phenoxy) is 2. The van der Waals surface area contributed by atoms with Crippen LogP contribution >= 0.6 is 0 Å². The predicted molar refractivity (Wildman–Crippen MR) is 113 cm³/mol. The number of anilines is 1. The molecule has 2 amide bonds. The fourth-order valence-electron chi connectivity index (χ4n) is 2.95. The van der Waals surface area contributed by atoms with Crippen molar-refractivity contribution in [2.24, 2.45) is 0 Å². The minimum atomic E-state index is -0.256. The van der Waals surface area contributed by atoms with Crippen molar-refractivity contribution in [2.75, 3.05) is 32.1 Å². The number of likely N-dealkylation sites (N-methyl/N-ethyl adjacent to an activating group) is 1. The molecule has 0 saturated carbocycles. The summed E-state index contributed by atoms with van der Waals surface area (Å²) in [5.41, 5.74) is 3.71. The molecule has 0 saturated heterocycles. The Morgan fingerprint density at radius 2 is 1.86 bits per heavy atom. The molecular formula is C23H26N2O4. The summed E-state index contributed by atoms with van der Waals surface area (Å²) in [7, 11) is 1.60. The Morgan fingerprint density at radius 1 is 1.10 bits per heavy atom. The zero-order chi connectivity index (χ0) is 20.8. The van der Waals surface area contributed by atoms with E-state index in [0.717, 1.165) is 28.8 Å². The zero-order valence-corrected chi connectivity index (χ0v) is 17.0. The maximum absolute atomic E-state index is 12.4. The fourth-order valence-corrected chi connectivity index (χ4v) is 2.95. The van der Waals surface area contributed by atoms with Crippen LogP contribution < -0.4 is 14.8 Å². The van der Waals surface area contributed by atoms with Crippen molar-refractivity contribution in [3.05, 3.63) is 59.2 Å². The van der Waals surface area contributed by atoms with Gasteiger partial charge in [0.05, 0.1) is 19.8 Å². The van der Waals surface area contributed by atoms with Crippen LogP contribution in [0.25, 0.3) is 6.08 Å². The van der Waals surface area contributed by atoms with Crippen molar-refractivity contribution in [2.45, 2.75) is 20.3 Å². The smallest absolute Gasteiger partial charge is 0.246 e. The second-order valence-corrected chi connectivity index (χ2v) is 7.08. The standard InChI is InChI=1S/C23H26N2O4/c1-16-6-4-7-19(17(16)2)24-22(26)15-25(3)23(27)11-9-18-8-10-20-21(14-18)29-13-5-12-28-20/h4,6-11,14H,5,12-13,15H2,1-3H3,(H,24,26)/b11-9+. The number of carbonyl (C=O) groups excluding carboxylic acids is 2. The molecule has 0 spiro atoms. The molecule has 29 heavy (non-hydrogen) atoms. The Kier molecular flexibility index (Phi) is 6.54. The summed E-state index contributed by atoms with van der Waals surface area (Å²) in [6, 6.07) is 11.3. The number of rotatable bonds is 5. The van der Waals surface area contributed by atoms with Crippen molar-refractivity contribution in [3.8, 4) is 11.5 Å². The molecule has 1 heterocycles. The number of aryl methyl sites for hydroxylation is 1. The van der Waals surface area contributed by atoms with E-state index in [1.54, 1.807) is 13.1 Å². The van der Waals surface area contributed by atoms with Gasteiger partial charge in [0, 0.05) is 25.2 Å². The van der Waals surface area contributed by atoms with Gasteiger partial charge in [0.2, 0.25) is 11.8 Å². The second kappa shape index (κ2) is 9.28. The summed E-state index contributed by atoms with van der Waals surface area (Å²) >= 11 is 0. The second-order valence-electron chi connectivity index (χ2n) is 7.08. The van der Waals surface area contributed by atoms with E-state index in [9.17, 15) is 9.59 Å². The van der Waals surface area contributed by atoms with Crippen LogP contribution in [-0.4, -0.2) is 43.5 Å². The molecule has 0 aromatic heterocycles. The van der Waals surface area contributed by atoms with Gasteiger partial charge in [-0.15, -0.1) is 0 Å². The highest BCUT2D eigenvalue weighted by Crippen LogP contribution is 2.30. The van der Waals surface area contributed by atoms with E-state index >= 15 is 0 Å². The minimum Gasteiger partial charge on any atom is -0.490 e. The average Bonchev–Trinajstić information content (AvgIpc) is 2.94. The Labute approximate surface area is 171 Å². The number of carbonyl (C=O) groups is 2. The number of benzene rings is 2. The molecule has 0 atom stereocenters. The van der Waals surface area contributed by atoms with E-state index in [0.29, 0.717) is 24.7 Å². The molecule has 0 radical (unpaired) electrons. The molecule has 1 N–H and O–H groups in total. The Balaban J connectivity index is 1.58. The normalized spacial score (nSPS) is 13.1. The van der Waals surface area contributed by atoms with Crippen molar-refractivity contribution in [1.29, 1.82) is 0 Å². The number of hydrogen-bond donors (Lipinski definition) is 1. The molecule has 1 aliphatic heterocycles. The summed E-state index contributed by atoms with van der Waals surface area (Å²) in [4.78, 5) is 26.0. The average molecular weight is 394 g/mol. The third kappa shape index (κ3) is 5.38. The lowest BCUT2D eigenvalue weighted by atomic mass is 10.1. The van der Waals surface area contributed by atoms with Crippen LogP contribution in [0.3, 0.4) is 0 Å². The maximum Gasteiger partial charge on any atom is 0.246 e. The quantitative estimate of drug-likeness (QED) is 0.787. The lowest BCUT2D eigenvalue weighted by molar-refractivity contribution is -0.129. The van der Waals surface area contributed by atoms with Crippen molar-refractivity contribution < 1.29 is 19.1 Å². The van der Waals surface area contributed by atoms with Crippen LogP contribution in [0, 0.1) is 13.8 Å². The lowest BCUT2D eigenvalue weighted by Crippen LogP contribution is -2.34. The molecule has 6 nitrogen and oxygen atoms in total. The van der Waals surface area contributed by atoms with Gasteiger partial charge in [0.1, 0.15) is 0 Å². The molecule has 2 aromatic carbocycles. The highest BCUT2D eigenvalue weighted by molar-refractivity contribution is 5.98. The first-order chi connectivity index (χ1) is 13.9. The first-order valence-corrected chi connectivity index (χ1v) is 9.63. The van der Waals surface area contributed by atoms with E-state index in [-0.39, 0.29) is 18.4 Å². The number of hydrogen-bond acceptors (Lipinski definition) is 4. The van der Waals surface area contributed by atoms with Crippen LogP contribution in [0.5, 0.6) is 11.5 Å². The summed E-state index contributed by atoms with van der Waals surface area (Å²) in [5.74, 6) is 0.899. The number of amides is 2. The summed E-state index contributed by atoms with van der Waals surface area (Å²) in [6.07, 6.45) is 3.99. The molecule has 0 bridgehead atoms. The van der Waals surface area contributed by atoms with Crippen LogP contribution in [0.15, 0.2) is 42.5 Å². The number of nitrogens with one attached hydrogen (secondary N) is 1. The Bertz CT molecular complexity index is 936. The van der Waals surface area contributed by atoms with Gasteiger partial charge < -0.3 is 19.7 Å². The lowest BCUT2D eigenvalue weighted by Gasteiger charge is -2.16. The SMILES string of the molecule is Cc1cccc(NC(=O)CN(C)C(=O)/C=C/c2ccc3c(c2)OCCCO3)c1C. The highest BCUT2D eigenvalue weighted by atomic mass is 16.5. The Hall–Kier alpha value is -3.28. The van der Waals surface area contributed by atoms with Gasteiger partial charge in [-0.2, -0.15) is 0 Å². The van der Waals surface area contributed by atoms with Gasteiger partial charge >= 0.3 is 0 Å². The topological polar surface area (TPSA) is 67.9 Å². The number of nitrogens with zero attached hydrogens (tertiary/aromatic N) is 1. The third-order valence-electron chi connectivity index (χ3n) is 4.83. The van der Waals surface area contributed by atoms with Gasteiger partial charge in [-0.3, -0.25) is 9.59 Å². The van der Waals surface area contributed by atoms with Crippen LogP contribution in [-0.2, 0) is 9.59 Å². The molecule has 0 aliphatic carbocycles. The molecular weight excluding hydrogens is 368 g/mol. The van der Waals surface area contributed by atoms with Gasteiger partial charge in [-0.05, 0) is 54.8 Å². The van der Waals surface area contributed by atoms with Gasteiger partial charge in [0.25, 0.3) is 0 Å². The Morgan fingerprint density at radius 3 is 2.66 bits per heavy atom. The molecule has 3 rings (SSSR count). The molecule has 2 aromatic rings. The maximum atomic E-state index is 12.4. The minimum absolute atomic E-state index is 0.0301. The van der Waals surface area contributed by atoms with Gasteiger partial charge in [-0.25, -0.2) is 0 Å². The van der Waals surface area contributed by atoms with E-state index in [1.807, 2.05) is 50.2 Å². The highest BCUT2D eigenvalue weighted by Gasteiger charge is 2.13. The first kappa shape index (κ1) is 20.5. The summed E-state index contributed by atoms with van der Waals surface area (Å²) < 4.78 is 11.3. The third-order valence-corrected chi connectivity index (χ3v) is 4.83. The van der Waals surface area contributed by atoms with Crippen LogP contribution in [0.2, 0.25) is 0 Å². The number of fused-ring (bicyclic) bond motifs is 1.